The summed E-state index contributed by atoms with van der Waals surface area (Å²) in [5, 5.41) is 13.8. The minimum atomic E-state index is -0.0131. The maximum Gasteiger partial charge on any atom is 0.317 e. The van der Waals surface area contributed by atoms with Gasteiger partial charge in [-0.15, -0.1) is 24.9 Å². The predicted molar refractivity (Wildman–Crippen MR) is 150 cm³/mol. The Morgan fingerprint density at radius 2 is 1.69 bits per heavy atom. The first kappa shape index (κ1) is 31.6. The maximum atomic E-state index is 13.3. The zero-order valence-electron chi connectivity index (χ0n) is 22.6. The number of urea groups is 1. The van der Waals surface area contributed by atoms with Crippen molar-refractivity contribution in [1.82, 2.24) is 15.1 Å². The summed E-state index contributed by atoms with van der Waals surface area (Å²) in [5.41, 5.74) is 0.969. The zero-order chi connectivity index (χ0) is 26.1. The number of rotatable bonds is 8. The molecule has 35 heavy (non-hydrogen) atoms. The molecule has 202 valence electrons. The molecule has 1 saturated carbocycles. The second-order valence-electron chi connectivity index (χ2n) is 9.32. The first-order valence-corrected chi connectivity index (χ1v) is 14.9. The summed E-state index contributed by atoms with van der Waals surface area (Å²) in [7, 11) is 0. The van der Waals surface area contributed by atoms with Gasteiger partial charge in [-0.3, -0.25) is 4.79 Å². The molecule has 0 aromatic carbocycles. The first-order chi connectivity index (χ1) is 17.1. The van der Waals surface area contributed by atoms with Crippen LogP contribution in [-0.2, 0) is 4.79 Å². The molecule has 0 aromatic heterocycles. The van der Waals surface area contributed by atoms with Gasteiger partial charge in [-0.05, 0) is 68.6 Å². The van der Waals surface area contributed by atoms with E-state index in [1.165, 1.54) is 32.1 Å². The van der Waals surface area contributed by atoms with Crippen molar-refractivity contribution in [2.45, 2.75) is 91.0 Å². The lowest BCUT2D eigenvalue weighted by Crippen LogP contribution is -2.50. The van der Waals surface area contributed by atoms with Gasteiger partial charge in [-0.1, -0.05) is 33.6 Å². The van der Waals surface area contributed by atoms with Crippen LogP contribution < -0.4 is 5.32 Å². The molecule has 0 radical (unpaired) electrons. The highest BCUT2D eigenvalue weighted by Gasteiger charge is 2.36. The van der Waals surface area contributed by atoms with Crippen LogP contribution in [-0.4, -0.2) is 71.4 Å². The number of fused-ring (bicyclic) bond motifs is 1. The molecule has 2 N–H and O–H groups in total. The average molecular weight is 510 g/mol. The normalized spacial score (nSPS) is 22.7. The van der Waals surface area contributed by atoms with Gasteiger partial charge in [-0.2, -0.15) is 0 Å². The highest BCUT2D eigenvalue weighted by Crippen LogP contribution is 2.36. The fourth-order valence-electron chi connectivity index (χ4n) is 5.32. The largest absolute Gasteiger partial charge is 0.396 e. The van der Waals surface area contributed by atoms with Crippen LogP contribution in [0.3, 0.4) is 0 Å². The van der Waals surface area contributed by atoms with Gasteiger partial charge in [0, 0.05) is 50.2 Å². The van der Waals surface area contributed by atoms with E-state index in [1.807, 2.05) is 18.7 Å². The summed E-state index contributed by atoms with van der Waals surface area (Å²) in [4.78, 5) is 29.5. The van der Waals surface area contributed by atoms with Crippen LogP contribution in [0.25, 0.3) is 0 Å². The molecule has 2 saturated heterocycles. The average Bonchev–Trinajstić information content (AvgIpc) is 2.93. The number of amides is 3. The fraction of sp³-hybridized carbons (Fsp3) is 0.786. The summed E-state index contributed by atoms with van der Waals surface area (Å²) in [5.74, 6) is 2.61. The molecule has 3 amide bonds. The molecular weight excluding hydrogens is 458 g/mol. The molecule has 2 unspecified atom stereocenters. The number of piperidine rings is 2. The molecule has 1 aliphatic carbocycles. The van der Waals surface area contributed by atoms with E-state index in [1.54, 1.807) is 11.8 Å². The summed E-state index contributed by atoms with van der Waals surface area (Å²) >= 11 is 1.78. The molecular formula is C28H51N3O3S. The molecule has 3 aliphatic rings. The van der Waals surface area contributed by atoms with Crippen molar-refractivity contribution >= 4 is 23.7 Å². The van der Waals surface area contributed by atoms with Crippen LogP contribution in [0, 0.1) is 11.8 Å². The second kappa shape index (κ2) is 18.8. The van der Waals surface area contributed by atoms with E-state index < -0.39 is 0 Å². The minimum Gasteiger partial charge on any atom is -0.396 e. The van der Waals surface area contributed by atoms with Gasteiger partial charge < -0.3 is 20.2 Å². The van der Waals surface area contributed by atoms with Gasteiger partial charge >= 0.3 is 6.03 Å². The van der Waals surface area contributed by atoms with E-state index in [9.17, 15) is 9.59 Å². The molecule has 2 aliphatic heterocycles. The number of likely N-dealkylation sites (tertiary alicyclic amines) is 2. The third-order valence-electron chi connectivity index (χ3n) is 7.23. The molecule has 3 fully saturated rings. The number of aliphatic hydroxyl groups excluding tert-OH is 1. The topological polar surface area (TPSA) is 72.9 Å². The molecule has 6 nitrogen and oxygen atoms in total. The Morgan fingerprint density at radius 3 is 2.34 bits per heavy atom. The number of carbonyl (C=O) groups is 2. The van der Waals surface area contributed by atoms with Gasteiger partial charge in [0.25, 0.3) is 5.91 Å². The molecule has 7 heteroatoms. The van der Waals surface area contributed by atoms with E-state index >= 15 is 0 Å². The maximum absolute atomic E-state index is 13.3. The van der Waals surface area contributed by atoms with Gasteiger partial charge in [-0.25, -0.2) is 4.79 Å². The van der Waals surface area contributed by atoms with Crippen molar-refractivity contribution < 1.29 is 14.7 Å². The van der Waals surface area contributed by atoms with E-state index in [0.29, 0.717) is 24.9 Å². The number of hydrogen-bond donors (Lipinski definition) is 2. The fourth-order valence-corrected chi connectivity index (χ4v) is 6.49. The van der Waals surface area contributed by atoms with Crippen molar-refractivity contribution in [3.8, 4) is 0 Å². The summed E-state index contributed by atoms with van der Waals surface area (Å²) in [6, 6.07) is 0.462. The SMILES string of the molecule is C=C.CC.CC/C(=C\SCC1CCN(C(=O)NCCCO)CC1)C(=O)N1CCCC2CCCCC21. The quantitative estimate of drug-likeness (QED) is 0.245. The van der Waals surface area contributed by atoms with Crippen LogP contribution in [0.4, 0.5) is 4.79 Å². The summed E-state index contributed by atoms with van der Waals surface area (Å²) < 4.78 is 0. The number of nitrogens with zero attached hydrogens (tertiary/aromatic N) is 2. The molecule has 0 aromatic rings. The van der Waals surface area contributed by atoms with Gasteiger partial charge in [0.05, 0.1) is 0 Å². The van der Waals surface area contributed by atoms with Gasteiger partial charge in [0.1, 0.15) is 0 Å². The predicted octanol–water partition coefficient (Wildman–Crippen LogP) is 5.83. The molecule has 2 atom stereocenters. The lowest BCUT2D eigenvalue weighted by molar-refractivity contribution is -0.133. The van der Waals surface area contributed by atoms with Crippen molar-refractivity contribution in [2.75, 3.05) is 38.5 Å². The van der Waals surface area contributed by atoms with Crippen molar-refractivity contribution in [3.05, 3.63) is 24.1 Å². The Balaban J connectivity index is 0.00000145. The number of hydrogen-bond acceptors (Lipinski definition) is 4. The Labute approximate surface area is 219 Å². The zero-order valence-corrected chi connectivity index (χ0v) is 23.4. The molecule has 0 bridgehead atoms. The molecule has 3 rings (SSSR count). The lowest BCUT2D eigenvalue weighted by Gasteiger charge is -2.44. The van der Waals surface area contributed by atoms with Crippen molar-refractivity contribution in [3.63, 3.8) is 0 Å². The van der Waals surface area contributed by atoms with E-state index in [4.69, 9.17) is 5.11 Å². The standard InChI is InChI=1S/C24H41N3O3S.C2H6.C2H4/c1-2-20(23(29)27-13-5-8-21-7-3-4-9-22(21)27)18-31-17-19-10-14-26(15-11-19)24(30)25-12-6-16-28;2*1-2/h18-19,21-22,28H,2-17H2,1H3,(H,25,30);1-2H3;1-2H2/b20-18+;;. The lowest BCUT2D eigenvalue weighted by atomic mass is 9.78. The Morgan fingerprint density at radius 1 is 1.03 bits per heavy atom. The number of carbonyl (C=O) groups excluding carboxylic acids is 2. The third-order valence-corrected chi connectivity index (χ3v) is 8.35. The van der Waals surface area contributed by atoms with Crippen LogP contribution in [0.15, 0.2) is 24.1 Å². The molecule has 0 spiro atoms. The van der Waals surface area contributed by atoms with Crippen LogP contribution in [0.1, 0.15) is 85.0 Å². The highest BCUT2D eigenvalue weighted by atomic mass is 32.2. The monoisotopic (exact) mass is 509 g/mol. The van der Waals surface area contributed by atoms with E-state index in [0.717, 1.165) is 62.6 Å². The van der Waals surface area contributed by atoms with E-state index in [2.05, 4.69) is 35.7 Å². The van der Waals surface area contributed by atoms with E-state index in [-0.39, 0.29) is 18.5 Å². The minimum absolute atomic E-state index is 0.0131. The Bertz CT molecular complexity index is 633. The van der Waals surface area contributed by atoms with Crippen molar-refractivity contribution in [2.24, 2.45) is 11.8 Å². The van der Waals surface area contributed by atoms with Gasteiger partial charge in [0.2, 0.25) is 0 Å². The summed E-state index contributed by atoms with van der Waals surface area (Å²) in [6.07, 6.45) is 11.0. The van der Waals surface area contributed by atoms with Crippen LogP contribution in [0.5, 0.6) is 0 Å². The second-order valence-corrected chi connectivity index (χ2v) is 10.2. The van der Waals surface area contributed by atoms with Crippen LogP contribution in [0.2, 0.25) is 0 Å². The van der Waals surface area contributed by atoms with Crippen molar-refractivity contribution in [1.29, 1.82) is 0 Å². The first-order valence-electron chi connectivity index (χ1n) is 13.9. The molecule has 2 heterocycles. The number of thioether (sulfide) groups is 1. The summed E-state index contributed by atoms with van der Waals surface area (Å²) in [6.45, 7) is 15.2. The number of aliphatic hydroxyl groups is 1. The Kier molecular flexibility index (Phi) is 16.9. The third kappa shape index (κ3) is 10.2. The Hall–Kier alpha value is -1.47. The highest BCUT2D eigenvalue weighted by molar-refractivity contribution is 8.02. The smallest absolute Gasteiger partial charge is 0.317 e. The van der Waals surface area contributed by atoms with Gasteiger partial charge in [0.15, 0.2) is 0 Å². The van der Waals surface area contributed by atoms with Crippen LogP contribution >= 0.6 is 11.8 Å². The number of nitrogens with one attached hydrogen (secondary N) is 1.